The molecule has 0 saturated carbocycles. The molecule has 1 saturated heterocycles. The molecule has 0 amide bonds. The van der Waals surface area contributed by atoms with Crippen LogP contribution in [0.1, 0.15) is 12.8 Å². The predicted octanol–water partition coefficient (Wildman–Crippen LogP) is 4.00. The van der Waals surface area contributed by atoms with E-state index in [-0.39, 0.29) is 24.0 Å². The van der Waals surface area contributed by atoms with Crippen molar-refractivity contribution in [3.8, 4) is 17.1 Å². The second kappa shape index (κ2) is 11.4. The molecule has 1 aliphatic rings. The summed E-state index contributed by atoms with van der Waals surface area (Å²) in [4.78, 5) is 13.5. The molecule has 32 heavy (non-hydrogen) atoms. The quantitative estimate of drug-likeness (QED) is 0.273. The Morgan fingerprint density at radius 1 is 1.12 bits per heavy atom. The summed E-state index contributed by atoms with van der Waals surface area (Å²) < 4.78 is 5.37. The van der Waals surface area contributed by atoms with Crippen LogP contribution in [0.2, 0.25) is 5.02 Å². The van der Waals surface area contributed by atoms with Gasteiger partial charge in [-0.2, -0.15) is 4.98 Å². The van der Waals surface area contributed by atoms with Crippen molar-refractivity contribution >= 4 is 47.2 Å². The highest BCUT2D eigenvalue weighted by Crippen LogP contribution is 2.27. The Morgan fingerprint density at radius 2 is 1.84 bits per heavy atom. The number of piperazine rings is 1. The maximum atomic E-state index is 10.1. The average Bonchev–Trinajstić information content (AvgIpc) is 3.27. The van der Waals surface area contributed by atoms with Crippen molar-refractivity contribution < 1.29 is 9.63 Å². The van der Waals surface area contributed by atoms with Gasteiger partial charge in [-0.3, -0.25) is 0 Å². The van der Waals surface area contributed by atoms with Crippen molar-refractivity contribution in [1.29, 1.82) is 0 Å². The number of anilines is 1. The van der Waals surface area contributed by atoms with Crippen LogP contribution in [0.25, 0.3) is 11.4 Å². The first-order valence-electron chi connectivity index (χ1n) is 10.3. The number of nitrogens with zero attached hydrogens (tertiary/aromatic N) is 5. The van der Waals surface area contributed by atoms with Gasteiger partial charge in [0.1, 0.15) is 12.3 Å². The van der Waals surface area contributed by atoms with Crippen molar-refractivity contribution in [1.82, 2.24) is 20.4 Å². The zero-order chi connectivity index (χ0) is 21.6. The average molecular weight is 569 g/mol. The minimum atomic E-state index is 0. The standard InChI is InChI=1S/C22H25ClN6O2.HI/c1-2-24-22(29-13-11-28(12-14-29)18-5-3-4-6-19(18)30)25-15-20-26-21(27-31-20)16-7-9-17(23)10-8-16;/h3-10,30H,2,11-15H2,1H3,(H,24,25);1H. The second-order valence-electron chi connectivity index (χ2n) is 7.15. The predicted molar refractivity (Wildman–Crippen MR) is 137 cm³/mol. The molecule has 0 atom stereocenters. The molecule has 2 N–H and O–H groups in total. The van der Waals surface area contributed by atoms with E-state index < -0.39 is 0 Å². The van der Waals surface area contributed by atoms with Crippen LogP contribution in [-0.4, -0.2) is 58.8 Å². The lowest BCUT2D eigenvalue weighted by molar-refractivity contribution is 0.363. The molecule has 170 valence electrons. The van der Waals surface area contributed by atoms with Gasteiger partial charge in [-0.1, -0.05) is 28.9 Å². The summed E-state index contributed by atoms with van der Waals surface area (Å²) in [5, 5.41) is 18.1. The molecule has 0 bridgehead atoms. The molecule has 8 nitrogen and oxygen atoms in total. The SMILES string of the molecule is CCNC(=NCc1nc(-c2ccc(Cl)cc2)no1)N1CCN(c2ccccc2O)CC1.I. The Labute approximate surface area is 209 Å². The minimum Gasteiger partial charge on any atom is -0.506 e. The summed E-state index contributed by atoms with van der Waals surface area (Å²) in [7, 11) is 0. The number of phenols is 1. The summed E-state index contributed by atoms with van der Waals surface area (Å²) in [6.07, 6.45) is 0. The van der Waals surface area contributed by atoms with Crippen molar-refractivity contribution in [2.75, 3.05) is 37.6 Å². The topological polar surface area (TPSA) is 90.0 Å². The van der Waals surface area contributed by atoms with Gasteiger partial charge in [0.05, 0.1) is 5.69 Å². The third-order valence-corrected chi connectivity index (χ3v) is 5.32. The molecule has 1 aliphatic heterocycles. The maximum absolute atomic E-state index is 10.1. The van der Waals surface area contributed by atoms with Crippen LogP contribution in [-0.2, 0) is 6.54 Å². The molecule has 10 heteroatoms. The Hall–Kier alpha value is -2.53. The molecule has 2 aromatic carbocycles. The van der Waals surface area contributed by atoms with E-state index in [4.69, 9.17) is 21.1 Å². The van der Waals surface area contributed by atoms with Gasteiger partial charge in [-0.25, -0.2) is 4.99 Å². The Kier molecular flexibility index (Phi) is 8.57. The van der Waals surface area contributed by atoms with Crippen LogP contribution in [0.5, 0.6) is 5.75 Å². The molecule has 0 radical (unpaired) electrons. The highest BCUT2D eigenvalue weighted by Gasteiger charge is 2.21. The summed E-state index contributed by atoms with van der Waals surface area (Å²) in [6.45, 7) is 6.27. The van der Waals surface area contributed by atoms with Gasteiger partial charge in [-0.05, 0) is 43.3 Å². The molecular formula is C22H26ClIN6O2. The maximum Gasteiger partial charge on any atom is 0.248 e. The van der Waals surface area contributed by atoms with Gasteiger partial charge in [0.15, 0.2) is 5.96 Å². The number of nitrogens with one attached hydrogen (secondary N) is 1. The summed E-state index contributed by atoms with van der Waals surface area (Å²) in [5.74, 6) is 2.09. The number of phenolic OH excluding ortho intramolecular Hbond substituents is 1. The smallest absolute Gasteiger partial charge is 0.248 e. The van der Waals surface area contributed by atoms with E-state index in [2.05, 4.69) is 25.3 Å². The van der Waals surface area contributed by atoms with E-state index >= 15 is 0 Å². The molecule has 0 spiro atoms. The van der Waals surface area contributed by atoms with E-state index in [0.717, 1.165) is 49.9 Å². The summed E-state index contributed by atoms with van der Waals surface area (Å²) >= 11 is 5.93. The Bertz CT molecular complexity index is 1030. The molecule has 4 rings (SSSR count). The van der Waals surface area contributed by atoms with Gasteiger partial charge < -0.3 is 24.7 Å². The Morgan fingerprint density at radius 3 is 2.53 bits per heavy atom. The lowest BCUT2D eigenvalue weighted by Gasteiger charge is -2.37. The fourth-order valence-corrected chi connectivity index (χ4v) is 3.62. The van der Waals surface area contributed by atoms with Crippen LogP contribution in [0.3, 0.4) is 0 Å². The zero-order valence-corrected chi connectivity index (χ0v) is 20.8. The summed E-state index contributed by atoms with van der Waals surface area (Å²) in [5.41, 5.74) is 1.71. The van der Waals surface area contributed by atoms with Gasteiger partial charge >= 0.3 is 0 Å². The molecule has 1 aromatic heterocycles. The van der Waals surface area contributed by atoms with E-state index in [1.54, 1.807) is 18.2 Å². The Balaban J connectivity index is 0.00000289. The van der Waals surface area contributed by atoms with Crippen molar-refractivity contribution in [2.45, 2.75) is 13.5 Å². The van der Waals surface area contributed by atoms with Crippen LogP contribution >= 0.6 is 35.6 Å². The molecule has 3 aromatic rings. The van der Waals surface area contributed by atoms with Gasteiger partial charge in [0.2, 0.25) is 11.7 Å². The highest BCUT2D eigenvalue weighted by molar-refractivity contribution is 14.0. The fraction of sp³-hybridized carbons (Fsp3) is 0.318. The van der Waals surface area contributed by atoms with E-state index in [1.807, 2.05) is 37.3 Å². The van der Waals surface area contributed by atoms with Crippen LogP contribution in [0, 0.1) is 0 Å². The number of hydrogen-bond acceptors (Lipinski definition) is 6. The third kappa shape index (κ3) is 5.83. The monoisotopic (exact) mass is 568 g/mol. The number of rotatable bonds is 5. The third-order valence-electron chi connectivity index (χ3n) is 5.07. The first kappa shape index (κ1) is 24.1. The van der Waals surface area contributed by atoms with E-state index in [0.29, 0.717) is 29.0 Å². The number of aliphatic imine (C=N–C) groups is 1. The lowest BCUT2D eigenvalue weighted by atomic mass is 10.2. The first-order valence-corrected chi connectivity index (χ1v) is 10.7. The molecule has 0 unspecified atom stereocenters. The van der Waals surface area contributed by atoms with E-state index in [9.17, 15) is 5.11 Å². The second-order valence-corrected chi connectivity index (χ2v) is 7.59. The molecule has 1 fully saturated rings. The van der Waals surface area contributed by atoms with Crippen molar-refractivity contribution in [3.05, 3.63) is 59.4 Å². The molecule has 0 aliphatic carbocycles. The number of aromatic nitrogens is 2. The normalized spacial score (nSPS) is 14.2. The number of aromatic hydroxyl groups is 1. The summed E-state index contributed by atoms with van der Waals surface area (Å²) in [6, 6.07) is 14.7. The fourth-order valence-electron chi connectivity index (χ4n) is 3.49. The van der Waals surface area contributed by atoms with Gasteiger partial charge in [0.25, 0.3) is 0 Å². The number of halogens is 2. The highest BCUT2D eigenvalue weighted by atomic mass is 127. The largest absolute Gasteiger partial charge is 0.506 e. The first-order chi connectivity index (χ1) is 15.1. The van der Waals surface area contributed by atoms with E-state index in [1.165, 1.54) is 0 Å². The number of para-hydroxylation sites is 2. The van der Waals surface area contributed by atoms with Crippen molar-refractivity contribution in [2.24, 2.45) is 4.99 Å². The lowest BCUT2D eigenvalue weighted by Crippen LogP contribution is -2.52. The number of guanidine groups is 1. The van der Waals surface area contributed by atoms with Gasteiger partial charge in [-0.15, -0.1) is 24.0 Å². The minimum absolute atomic E-state index is 0. The number of benzene rings is 2. The molecule has 2 heterocycles. The van der Waals surface area contributed by atoms with Gasteiger partial charge in [0, 0.05) is 43.3 Å². The van der Waals surface area contributed by atoms with Crippen LogP contribution < -0.4 is 10.2 Å². The number of hydrogen-bond donors (Lipinski definition) is 2. The molecular weight excluding hydrogens is 543 g/mol. The van der Waals surface area contributed by atoms with Crippen LogP contribution in [0.4, 0.5) is 5.69 Å². The van der Waals surface area contributed by atoms with Crippen LogP contribution in [0.15, 0.2) is 58.0 Å². The zero-order valence-electron chi connectivity index (χ0n) is 17.7. The van der Waals surface area contributed by atoms with Crippen molar-refractivity contribution in [3.63, 3.8) is 0 Å².